The number of aromatic nitrogens is 2. The molecule has 0 radical (unpaired) electrons. The van der Waals surface area contributed by atoms with Crippen LogP contribution in [0.2, 0.25) is 0 Å². The summed E-state index contributed by atoms with van der Waals surface area (Å²) in [6.45, 7) is 4.43. The molecule has 0 unspecified atom stereocenters. The van der Waals surface area contributed by atoms with Crippen molar-refractivity contribution in [3.05, 3.63) is 89.7 Å². The number of rotatable bonds is 7. The van der Waals surface area contributed by atoms with Gasteiger partial charge in [-0.15, -0.1) is 0 Å². The molecular weight excluding hydrogens is 555 g/mol. The normalized spacial score (nSPS) is 18.3. The summed E-state index contributed by atoms with van der Waals surface area (Å²) < 4.78 is 48.2. The summed E-state index contributed by atoms with van der Waals surface area (Å²) in [4.78, 5) is 24.5. The third kappa shape index (κ3) is 6.34. The second kappa shape index (κ2) is 12.3. The van der Waals surface area contributed by atoms with Crippen LogP contribution in [0.5, 0.6) is 5.75 Å². The van der Waals surface area contributed by atoms with E-state index in [0.717, 1.165) is 53.6 Å². The summed E-state index contributed by atoms with van der Waals surface area (Å²) in [5.74, 6) is 1.74. The van der Waals surface area contributed by atoms with Crippen molar-refractivity contribution in [2.45, 2.75) is 32.1 Å². The molecule has 1 aromatic heterocycles. The van der Waals surface area contributed by atoms with E-state index in [-0.39, 0.29) is 17.5 Å². The number of para-hydroxylation sites is 3. The highest BCUT2D eigenvalue weighted by Gasteiger charge is 2.36. The summed E-state index contributed by atoms with van der Waals surface area (Å²) in [5, 5.41) is 0. The second-order valence-electron chi connectivity index (χ2n) is 11.4. The summed E-state index contributed by atoms with van der Waals surface area (Å²) >= 11 is 0. The van der Waals surface area contributed by atoms with Crippen LogP contribution < -0.4 is 9.64 Å². The molecule has 43 heavy (non-hydrogen) atoms. The van der Waals surface area contributed by atoms with E-state index < -0.39 is 11.7 Å². The lowest BCUT2D eigenvalue weighted by Crippen LogP contribution is -2.52. The van der Waals surface area contributed by atoms with Crippen molar-refractivity contribution >= 4 is 22.6 Å². The molecule has 10 heteroatoms. The highest BCUT2D eigenvalue weighted by Crippen LogP contribution is 2.37. The number of hydrogen-bond acceptors (Lipinski definition) is 5. The van der Waals surface area contributed by atoms with Crippen LogP contribution in [0.3, 0.4) is 0 Å². The number of imidazole rings is 1. The van der Waals surface area contributed by atoms with Crippen molar-refractivity contribution in [1.82, 2.24) is 19.4 Å². The highest BCUT2D eigenvalue weighted by atomic mass is 19.4. The number of methoxy groups -OCH3 is 1. The number of alkyl halides is 3. The Bertz CT molecular complexity index is 1560. The van der Waals surface area contributed by atoms with Gasteiger partial charge in [0.1, 0.15) is 11.6 Å². The number of carbonyl (C=O) groups excluding carboxylic acids is 1. The molecular formula is C33H36F3N5O2. The molecule has 2 aliphatic rings. The number of amides is 1. The van der Waals surface area contributed by atoms with Gasteiger partial charge in [0.15, 0.2) is 0 Å². The number of benzene rings is 3. The number of nitrogens with zero attached hydrogens (tertiary/aromatic N) is 5. The fraction of sp³-hybridized carbons (Fsp3) is 0.394. The van der Waals surface area contributed by atoms with Crippen LogP contribution in [0, 0.1) is 5.92 Å². The Morgan fingerprint density at radius 1 is 0.907 bits per heavy atom. The van der Waals surface area contributed by atoms with E-state index in [1.807, 2.05) is 35.2 Å². The van der Waals surface area contributed by atoms with Crippen molar-refractivity contribution in [3.8, 4) is 5.75 Å². The van der Waals surface area contributed by atoms with Crippen LogP contribution in [0.4, 0.5) is 18.9 Å². The van der Waals surface area contributed by atoms with Crippen LogP contribution in [-0.4, -0.2) is 71.6 Å². The van der Waals surface area contributed by atoms with Gasteiger partial charge in [0, 0.05) is 45.0 Å². The number of likely N-dealkylation sites (tertiary alicyclic amines) is 1. The topological polar surface area (TPSA) is 53.8 Å². The molecule has 2 aliphatic heterocycles. The molecule has 0 aliphatic carbocycles. The van der Waals surface area contributed by atoms with E-state index in [2.05, 4.69) is 27.7 Å². The molecule has 0 bridgehead atoms. The van der Waals surface area contributed by atoms with Gasteiger partial charge >= 0.3 is 6.18 Å². The highest BCUT2D eigenvalue weighted by molar-refractivity contribution is 5.79. The Morgan fingerprint density at radius 2 is 1.63 bits per heavy atom. The van der Waals surface area contributed by atoms with E-state index >= 15 is 0 Å². The third-order valence-electron chi connectivity index (χ3n) is 8.59. The van der Waals surface area contributed by atoms with Gasteiger partial charge in [-0.05, 0) is 61.3 Å². The molecule has 1 amide bonds. The van der Waals surface area contributed by atoms with Crippen LogP contribution in [-0.2, 0) is 24.1 Å². The molecule has 0 spiro atoms. The molecule has 4 aromatic rings. The number of ether oxygens (including phenoxy) is 1. The number of halogens is 3. The van der Waals surface area contributed by atoms with Gasteiger partial charge in [-0.1, -0.05) is 36.4 Å². The summed E-state index contributed by atoms with van der Waals surface area (Å²) in [5.41, 5.74) is 2.72. The lowest BCUT2D eigenvalue weighted by atomic mass is 9.96. The predicted octanol–water partition coefficient (Wildman–Crippen LogP) is 5.67. The first kappa shape index (κ1) is 29.0. The van der Waals surface area contributed by atoms with Gasteiger partial charge < -0.3 is 19.1 Å². The third-order valence-corrected chi connectivity index (χ3v) is 8.59. The Hall–Kier alpha value is -4.05. The van der Waals surface area contributed by atoms with Crippen molar-refractivity contribution in [2.75, 3.05) is 51.3 Å². The quantitative estimate of drug-likeness (QED) is 0.277. The van der Waals surface area contributed by atoms with Crippen molar-refractivity contribution < 1.29 is 22.7 Å². The fourth-order valence-electron chi connectivity index (χ4n) is 6.35. The van der Waals surface area contributed by atoms with Crippen molar-refractivity contribution in [1.29, 1.82) is 0 Å². The Balaban J connectivity index is 1.12. The summed E-state index contributed by atoms with van der Waals surface area (Å²) in [7, 11) is 1.66. The Kier molecular flexibility index (Phi) is 8.30. The van der Waals surface area contributed by atoms with Gasteiger partial charge in [-0.25, -0.2) is 4.98 Å². The first-order valence-corrected chi connectivity index (χ1v) is 14.8. The van der Waals surface area contributed by atoms with E-state index in [4.69, 9.17) is 9.72 Å². The number of piperazine rings is 1. The number of piperidine rings is 1. The van der Waals surface area contributed by atoms with Gasteiger partial charge in [-0.3, -0.25) is 9.69 Å². The maximum atomic E-state index is 13.6. The standard InChI is InChI=1S/C33H36F3N5O2/c1-43-26-14-12-24(13-15-26)21-41-30-11-5-3-9-28(30)37-31(41)23-38-16-6-7-25(22-38)32(42)40-19-17-39(18-20-40)29-10-4-2-8-27(29)33(34,35)36/h2-5,8-15,25H,6-7,16-23H2,1H3/t25-/m1/s1. The minimum atomic E-state index is -4.41. The first-order chi connectivity index (χ1) is 20.8. The van der Waals surface area contributed by atoms with Crippen LogP contribution in [0.1, 0.15) is 29.8 Å². The van der Waals surface area contributed by atoms with E-state index in [9.17, 15) is 18.0 Å². The Labute approximate surface area is 249 Å². The SMILES string of the molecule is COc1ccc(Cn2c(CN3CCC[C@@H](C(=O)N4CCN(c5ccccc5C(F)(F)F)CC4)C3)nc3ccccc32)cc1. The van der Waals surface area contributed by atoms with Crippen LogP contribution in [0.25, 0.3) is 11.0 Å². The molecule has 226 valence electrons. The van der Waals surface area contributed by atoms with E-state index in [1.54, 1.807) is 18.1 Å². The maximum absolute atomic E-state index is 13.6. The molecule has 2 fully saturated rings. The molecule has 3 aromatic carbocycles. The van der Waals surface area contributed by atoms with Crippen LogP contribution in [0.15, 0.2) is 72.8 Å². The number of hydrogen-bond donors (Lipinski definition) is 0. The second-order valence-corrected chi connectivity index (χ2v) is 11.4. The zero-order valence-corrected chi connectivity index (χ0v) is 24.3. The van der Waals surface area contributed by atoms with Gasteiger partial charge in [0.05, 0.1) is 36.2 Å². The number of fused-ring (bicyclic) bond motifs is 1. The molecule has 6 rings (SSSR count). The summed E-state index contributed by atoms with van der Waals surface area (Å²) in [6, 6.07) is 21.9. The predicted molar refractivity (Wildman–Crippen MR) is 160 cm³/mol. The molecule has 0 N–H and O–H groups in total. The largest absolute Gasteiger partial charge is 0.497 e. The average molecular weight is 592 g/mol. The van der Waals surface area contributed by atoms with Crippen molar-refractivity contribution in [3.63, 3.8) is 0 Å². The smallest absolute Gasteiger partial charge is 0.418 e. The lowest BCUT2D eigenvalue weighted by Gasteiger charge is -2.40. The average Bonchev–Trinajstić information content (AvgIpc) is 3.37. The molecule has 1 atom stereocenters. The van der Waals surface area contributed by atoms with E-state index in [0.29, 0.717) is 45.8 Å². The van der Waals surface area contributed by atoms with Crippen LogP contribution >= 0.6 is 0 Å². The van der Waals surface area contributed by atoms with Gasteiger partial charge in [0.25, 0.3) is 0 Å². The van der Waals surface area contributed by atoms with Crippen molar-refractivity contribution in [2.24, 2.45) is 5.92 Å². The minimum Gasteiger partial charge on any atom is -0.497 e. The number of anilines is 1. The fourth-order valence-corrected chi connectivity index (χ4v) is 6.35. The summed E-state index contributed by atoms with van der Waals surface area (Å²) in [6.07, 6.45) is -2.69. The zero-order chi connectivity index (χ0) is 30.0. The monoisotopic (exact) mass is 591 g/mol. The Morgan fingerprint density at radius 3 is 2.37 bits per heavy atom. The molecule has 0 saturated carbocycles. The first-order valence-electron chi connectivity index (χ1n) is 14.8. The van der Waals surface area contributed by atoms with Gasteiger partial charge in [0.2, 0.25) is 5.91 Å². The van der Waals surface area contributed by atoms with Gasteiger partial charge in [-0.2, -0.15) is 13.2 Å². The lowest BCUT2D eigenvalue weighted by molar-refractivity contribution is -0.139. The number of carbonyl (C=O) groups is 1. The van der Waals surface area contributed by atoms with E-state index in [1.165, 1.54) is 12.1 Å². The molecule has 2 saturated heterocycles. The maximum Gasteiger partial charge on any atom is 0.418 e. The molecule has 3 heterocycles. The zero-order valence-electron chi connectivity index (χ0n) is 24.3. The minimum absolute atomic E-state index is 0.0974. The molecule has 7 nitrogen and oxygen atoms in total.